The lowest BCUT2D eigenvalue weighted by atomic mass is 9.97. The summed E-state index contributed by atoms with van der Waals surface area (Å²) in [4.78, 5) is 0. The van der Waals surface area contributed by atoms with Crippen molar-refractivity contribution >= 4 is 21.8 Å². The molecule has 1 aromatic rings. The van der Waals surface area contributed by atoms with Gasteiger partial charge in [-0.15, -0.1) is 8.42 Å². The first-order valence-electron chi connectivity index (χ1n) is 5.49. The van der Waals surface area contributed by atoms with Gasteiger partial charge in [-0.05, 0) is 24.0 Å². The standard InChI is InChI=1S/C10H14N2O6S/c11-7-5(1-3-13)6(2-4-14)8(12)10-9(7)17-19(15,16)18-10/h13-14H,1-4,11-12H2. The molecule has 0 saturated heterocycles. The molecule has 0 bridgehead atoms. The Labute approximate surface area is 109 Å². The zero-order valence-electron chi connectivity index (χ0n) is 9.92. The Morgan fingerprint density at radius 2 is 1.26 bits per heavy atom. The van der Waals surface area contributed by atoms with Crippen molar-refractivity contribution in [2.24, 2.45) is 0 Å². The quantitative estimate of drug-likeness (QED) is 0.513. The van der Waals surface area contributed by atoms with Gasteiger partial charge >= 0.3 is 10.4 Å². The van der Waals surface area contributed by atoms with Crippen LogP contribution in [0.2, 0.25) is 0 Å². The first kappa shape index (κ1) is 13.7. The summed E-state index contributed by atoms with van der Waals surface area (Å²) in [5.41, 5.74) is 12.6. The number of rotatable bonds is 4. The Hall–Kier alpha value is -1.71. The van der Waals surface area contributed by atoms with Crippen LogP contribution in [-0.4, -0.2) is 31.8 Å². The maximum atomic E-state index is 11.3. The number of nitrogen functional groups attached to an aromatic ring is 2. The van der Waals surface area contributed by atoms with Crippen LogP contribution in [-0.2, 0) is 23.2 Å². The molecule has 1 aliphatic heterocycles. The fourth-order valence-electron chi connectivity index (χ4n) is 2.03. The summed E-state index contributed by atoms with van der Waals surface area (Å²) < 4.78 is 31.8. The lowest BCUT2D eigenvalue weighted by Crippen LogP contribution is -2.09. The van der Waals surface area contributed by atoms with E-state index in [0.29, 0.717) is 11.1 Å². The lowest BCUT2D eigenvalue weighted by molar-refractivity contribution is 0.293. The van der Waals surface area contributed by atoms with Crippen LogP contribution in [0.15, 0.2) is 0 Å². The molecule has 0 atom stereocenters. The van der Waals surface area contributed by atoms with Crippen molar-refractivity contribution in [1.82, 2.24) is 0 Å². The van der Waals surface area contributed by atoms with Gasteiger partial charge in [-0.3, -0.25) is 0 Å². The van der Waals surface area contributed by atoms with E-state index in [0.717, 1.165) is 0 Å². The predicted octanol–water partition coefficient (Wildman–Crippen LogP) is -1.06. The molecule has 1 aliphatic rings. The van der Waals surface area contributed by atoms with Crippen LogP contribution in [0.5, 0.6) is 11.5 Å². The van der Waals surface area contributed by atoms with Gasteiger partial charge in [0.1, 0.15) is 0 Å². The molecule has 19 heavy (non-hydrogen) atoms. The van der Waals surface area contributed by atoms with Crippen molar-refractivity contribution < 1.29 is 27.0 Å². The van der Waals surface area contributed by atoms with Crippen LogP contribution in [0.25, 0.3) is 0 Å². The Morgan fingerprint density at radius 1 is 0.895 bits per heavy atom. The molecule has 0 spiro atoms. The fraction of sp³-hybridized carbons (Fsp3) is 0.400. The van der Waals surface area contributed by atoms with E-state index in [1.54, 1.807) is 0 Å². The molecule has 1 aromatic carbocycles. The summed E-state index contributed by atoms with van der Waals surface area (Å²) in [6, 6.07) is 0. The minimum atomic E-state index is -4.20. The molecule has 0 fully saturated rings. The van der Waals surface area contributed by atoms with Crippen molar-refractivity contribution in [3.8, 4) is 11.5 Å². The Bertz CT molecular complexity index is 566. The number of nitrogens with two attached hydrogens (primary N) is 2. The van der Waals surface area contributed by atoms with Crippen LogP contribution in [0.4, 0.5) is 11.4 Å². The number of hydrogen-bond acceptors (Lipinski definition) is 8. The number of benzene rings is 1. The molecule has 0 unspecified atom stereocenters. The van der Waals surface area contributed by atoms with Crippen molar-refractivity contribution in [3.63, 3.8) is 0 Å². The van der Waals surface area contributed by atoms with Gasteiger partial charge in [0, 0.05) is 13.2 Å². The third kappa shape index (κ3) is 2.27. The monoisotopic (exact) mass is 290 g/mol. The Kier molecular flexibility index (Phi) is 3.43. The van der Waals surface area contributed by atoms with Crippen molar-refractivity contribution in [3.05, 3.63) is 11.1 Å². The van der Waals surface area contributed by atoms with Gasteiger partial charge in [0.05, 0.1) is 11.4 Å². The minimum Gasteiger partial charge on any atom is -0.396 e. The van der Waals surface area contributed by atoms with Gasteiger partial charge in [0.2, 0.25) is 11.5 Å². The molecule has 6 N–H and O–H groups in total. The van der Waals surface area contributed by atoms with E-state index >= 15 is 0 Å². The zero-order chi connectivity index (χ0) is 14.2. The summed E-state index contributed by atoms with van der Waals surface area (Å²) >= 11 is 0. The second-order valence-corrected chi connectivity index (χ2v) is 5.11. The summed E-state index contributed by atoms with van der Waals surface area (Å²) in [5.74, 6) is -0.328. The van der Waals surface area contributed by atoms with Gasteiger partial charge in [-0.25, -0.2) is 0 Å². The zero-order valence-corrected chi connectivity index (χ0v) is 10.7. The molecule has 8 nitrogen and oxygen atoms in total. The van der Waals surface area contributed by atoms with Crippen LogP contribution in [0, 0.1) is 0 Å². The molecule has 0 saturated carbocycles. The highest BCUT2D eigenvalue weighted by atomic mass is 32.3. The molecule has 0 amide bonds. The molecule has 0 aromatic heterocycles. The van der Waals surface area contributed by atoms with Crippen LogP contribution in [0.1, 0.15) is 11.1 Å². The molecular formula is C10H14N2O6S. The highest BCUT2D eigenvalue weighted by molar-refractivity contribution is 7.82. The van der Waals surface area contributed by atoms with E-state index in [9.17, 15) is 8.42 Å². The van der Waals surface area contributed by atoms with Gasteiger partial charge < -0.3 is 30.0 Å². The number of fused-ring (bicyclic) bond motifs is 1. The Morgan fingerprint density at radius 3 is 1.58 bits per heavy atom. The Balaban J connectivity index is 2.67. The van der Waals surface area contributed by atoms with Gasteiger partial charge in [0.15, 0.2) is 0 Å². The fourth-order valence-corrected chi connectivity index (χ4v) is 2.80. The van der Waals surface area contributed by atoms with Gasteiger partial charge in [-0.1, -0.05) is 0 Å². The average molecular weight is 290 g/mol. The number of aliphatic hydroxyl groups is 2. The van der Waals surface area contributed by atoms with Crippen molar-refractivity contribution in [2.45, 2.75) is 12.8 Å². The SMILES string of the molecule is Nc1c(CCO)c(CCO)c(N)c2c1OS(=O)(=O)O2. The number of aliphatic hydroxyl groups excluding tert-OH is 2. The van der Waals surface area contributed by atoms with E-state index in [1.165, 1.54) is 0 Å². The molecule has 1 heterocycles. The van der Waals surface area contributed by atoms with E-state index in [4.69, 9.17) is 21.7 Å². The molecular weight excluding hydrogens is 276 g/mol. The second kappa shape index (κ2) is 4.76. The minimum absolute atomic E-state index is 0.0442. The number of hydrogen-bond donors (Lipinski definition) is 4. The van der Waals surface area contributed by atoms with E-state index in [2.05, 4.69) is 8.37 Å². The maximum absolute atomic E-state index is 11.3. The summed E-state index contributed by atoms with van der Waals surface area (Å²) in [6.45, 7) is -0.400. The summed E-state index contributed by atoms with van der Waals surface area (Å²) in [6.07, 6.45) is 0.337. The largest absolute Gasteiger partial charge is 0.501 e. The first-order valence-corrected chi connectivity index (χ1v) is 6.83. The lowest BCUT2D eigenvalue weighted by Gasteiger charge is -2.15. The van der Waals surface area contributed by atoms with Crippen LogP contribution in [0.3, 0.4) is 0 Å². The van der Waals surface area contributed by atoms with Gasteiger partial charge in [0.25, 0.3) is 0 Å². The third-order valence-electron chi connectivity index (χ3n) is 2.80. The van der Waals surface area contributed by atoms with Crippen LogP contribution >= 0.6 is 0 Å². The smallest absolute Gasteiger partial charge is 0.396 e. The first-order chi connectivity index (χ1) is 8.91. The molecule has 0 aliphatic carbocycles. The molecule has 0 radical (unpaired) electrons. The van der Waals surface area contributed by atoms with Crippen molar-refractivity contribution in [1.29, 1.82) is 0 Å². The second-order valence-electron chi connectivity index (χ2n) is 3.96. The third-order valence-corrected chi connectivity index (χ3v) is 3.55. The van der Waals surface area contributed by atoms with Crippen molar-refractivity contribution in [2.75, 3.05) is 24.7 Å². The molecule has 9 heteroatoms. The van der Waals surface area contributed by atoms with Crippen LogP contribution < -0.4 is 19.8 Å². The van der Waals surface area contributed by atoms with Gasteiger partial charge in [-0.2, -0.15) is 0 Å². The van der Waals surface area contributed by atoms with E-state index in [-0.39, 0.29) is 48.9 Å². The topological polar surface area (TPSA) is 145 Å². The van der Waals surface area contributed by atoms with E-state index in [1.807, 2.05) is 0 Å². The maximum Gasteiger partial charge on any atom is 0.501 e. The highest BCUT2D eigenvalue weighted by Crippen LogP contribution is 2.49. The molecule has 106 valence electrons. The summed E-state index contributed by atoms with van der Waals surface area (Å²) in [7, 11) is -4.20. The average Bonchev–Trinajstić information content (AvgIpc) is 2.67. The normalized spacial score (nSPS) is 15.7. The summed E-state index contributed by atoms with van der Waals surface area (Å²) in [5, 5.41) is 18.1. The number of anilines is 2. The van der Waals surface area contributed by atoms with E-state index < -0.39 is 10.4 Å². The highest BCUT2D eigenvalue weighted by Gasteiger charge is 2.35. The predicted molar refractivity (Wildman–Crippen MR) is 67.0 cm³/mol. The molecule has 2 rings (SSSR count).